The maximum Gasteiger partial charge on any atom is 0.164 e. The van der Waals surface area contributed by atoms with E-state index in [0.717, 1.165) is 55.4 Å². The van der Waals surface area contributed by atoms with E-state index in [0.29, 0.717) is 17.5 Å². The Bertz CT molecular complexity index is 3560. The van der Waals surface area contributed by atoms with Gasteiger partial charge in [-0.3, -0.25) is 0 Å². The Kier molecular flexibility index (Phi) is 8.33. The number of fused-ring (bicyclic) bond motifs is 13. The molecule has 3 heterocycles. The van der Waals surface area contributed by atoms with E-state index >= 15 is 0 Å². The van der Waals surface area contributed by atoms with Gasteiger partial charge in [-0.25, -0.2) is 19.9 Å². The second kappa shape index (κ2) is 14.6. The average Bonchev–Trinajstić information content (AvgIpc) is 3.67. The van der Waals surface area contributed by atoms with Crippen molar-refractivity contribution in [1.29, 1.82) is 0 Å². The fourth-order valence-electron chi connectivity index (χ4n) is 10.2. The molecule has 11 aromatic rings. The summed E-state index contributed by atoms with van der Waals surface area (Å²) in [6.07, 6.45) is 0. The molecular weight excluding hydrogens is 797 g/mol. The van der Waals surface area contributed by atoms with Crippen LogP contribution in [-0.2, 0) is 5.41 Å². The molecule has 1 aliphatic heterocycles. The van der Waals surface area contributed by atoms with Crippen LogP contribution in [0.25, 0.3) is 89.4 Å². The quantitative estimate of drug-likeness (QED) is 0.162. The van der Waals surface area contributed by atoms with Gasteiger partial charge in [-0.2, -0.15) is 0 Å². The van der Waals surface area contributed by atoms with Gasteiger partial charge in [0.05, 0.1) is 16.6 Å². The predicted molar refractivity (Wildman–Crippen MR) is 261 cm³/mol. The molecular formula is C59H36N4S. The highest BCUT2D eigenvalue weighted by Crippen LogP contribution is 2.63. The van der Waals surface area contributed by atoms with E-state index in [9.17, 15) is 0 Å². The highest BCUT2D eigenvalue weighted by atomic mass is 32.2. The summed E-state index contributed by atoms with van der Waals surface area (Å²) in [4.78, 5) is 23.1. The number of hydrogen-bond acceptors (Lipinski definition) is 5. The zero-order chi connectivity index (χ0) is 42.2. The minimum atomic E-state index is -0.462. The fourth-order valence-corrected chi connectivity index (χ4v) is 11.4. The van der Waals surface area contributed by atoms with Crippen molar-refractivity contribution in [3.05, 3.63) is 241 Å². The Morgan fingerprint density at radius 2 is 0.828 bits per heavy atom. The minimum Gasteiger partial charge on any atom is -0.247 e. The maximum absolute atomic E-state index is 5.48. The second-order valence-corrected chi connectivity index (χ2v) is 17.6. The van der Waals surface area contributed by atoms with Crippen molar-refractivity contribution in [2.75, 3.05) is 0 Å². The lowest BCUT2D eigenvalue weighted by Gasteiger charge is -2.39. The van der Waals surface area contributed by atoms with Gasteiger partial charge in [0, 0.05) is 48.2 Å². The Labute approximate surface area is 375 Å². The molecule has 0 fully saturated rings. The number of hydrogen-bond donors (Lipinski definition) is 0. The van der Waals surface area contributed by atoms with Crippen LogP contribution in [0.5, 0.6) is 0 Å². The first-order valence-corrected chi connectivity index (χ1v) is 22.4. The van der Waals surface area contributed by atoms with E-state index in [2.05, 4.69) is 158 Å². The van der Waals surface area contributed by atoms with Crippen LogP contribution in [0.15, 0.2) is 228 Å². The molecule has 0 atom stereocenters. The Hall–Kier alpha value is -7.99. The van der Waals surface area contributed by atoms with Crippen LogP contribution in [0.1, 0.15) is 22.3 Å². The number of nitrogens with zero attached hydrogens (tertiary/aromatic N) is 4. The Morgan fingerprint density at radius 1 is 0.328 bits per heavy atom. The molecule has 13 rings (SSSR count). The maximum atomic E-state index is 5.48. The van der Waals surface area contributed by atoms with Crippen LogP contribution >= 0.6 is 11.8 Å². The Balaban J connectivity index is 0.994. The number of pyridine rings is 1. The highest BCUT2D eigenvalue weighted by Gasteiger charge is 2.50. The molecule has 0 amide bonds. The molecule has 5 heteroatoms. The normalized spacial score (nSPS) is 13.1. The number of rotatable bonds is 5. The topological polar surface area (TPSA) is 51.6 Å². The summed E-state index contributed by atoms with van der Waals surface area (Å²) in [5, 5.41) is 3.53. The van der Waals surface area contributed by atoms with Gasteiger partial charge >= 0.3 is 0 Å². The van der Waals surface area contributed by atoms with Gasteiger partial charge in [0.1, 0.15) is 0 Å². The molecule has 4 nitrogen and oxygen atoms in total. The van der Waals surface area contributed by atoms with Crippen molar-refractivity contribution >= 4 is 33.4 Å². The lowest BCUT2D eigenvalue weighted by molar-refractivity contribution is 0.723. The largest absolute Gasteiger partial charge is 0.247 e. The van der Waals surface area contributed by atoms with Crippen LogP contribution in [0, 0.1) is 0 Å². The summed E-state index contributed by atoms with van der Waals surface area (Å²) in [7, 11) is 0. The van der Waals surface area contributed by atoms with Gasteiger partial charge in [0.25, 0.3) is 0 Å². The van der Waals surface area contributed by atoms with Gasteiger partial charge in [-0.05, 0) is 74.8 Å². The van der Waals surface area contributed by atoms with Crippen molar-refractivity contribution in [1.82, 2.24) is 19.9 Å². The molecule has 0 saturated heterocycles. The van der Waals surface area contributed by atoms with E-state index in [-0.39, 0.29) is 0 Å². The molecule has 0 N–H and O–H groups in total. The fraction of sp³-hybridized carbons (Fsp3) is 0.0169. The number of aromatic nitrogens is 4. The summed E-state index contributed by atoms with van der Waals surface area (Å²) in [6.45, 7) is 0. The first kappa shape index (κ1) is 36.6. The molecule has 0 bridgehead atoms. The zero-order valence-electron chi connectivity index (χ0n) is 34.5. The average molecular weight is 833 g/mol. The summed E-state index contributed by atoms with van der Waals surface area (Å²) in [5.41, 5.74) is 15.4. The van der Waals surface area contributed by atoms with E-state index in [1.54, 1.807) is 0 Å². The molecule has 64 heavy (non-hydrogen) atoms. The van der Waals surface area contributed by atoms with Crippen molar-refractivity contribution in [3.8, 4) is 67.7 Å². The first-order chi connectivity index (χ1) is 31.7. The monoisotopic (exact) mass is 832 g/mol. The van der Waals surface area contributed by atoms with Gasteiger partial charge < -0.3 is 0 Å². The van der Waals surface area contributed by atoms with Crippen LogP contribution < -0.4 is 0 Å². The third-order valence-corrected chi connectivity index (χ3v) is 14.1. The van der Waals surface area contributed by atoms with Crippen LogP contribution in [0.2, 0.25) is 0 Å². The lowest BCUT2D eigenvalue weighted by Crippen LogP contribution is -2.31. The molecule has 298 valence electrons. The van der Waals surface area contributed by atoms with Crippen molar-refractivity contribution < 1.29 is 0 Å². The van der Waals surface area contributed by atoms with Crippen LogP contribution in [0.4, 0.5) is 0 Å². The molecule has 2 aliphatic rings. The van der Waals surface area contributed by atoms with Gasteiger partial charge in [0.2, 0.25) is 0 Å². The van der Waals surface area contributed by atoms with E-state index in [1.165, 1.54) is 48.6 Å². The third-order valence-electron chi connectivity index (χ3n) is 13.0. The smallest absolute Gasteiger partial charge is 0.164 e. The molecule has 0 unspecified atom stereocenters. The van der Waals surface area contributed by atoms with E-state index < -0.39 is 5.41 Å². The highest BCUT2D eigenvalue weighted by molar-refractivity contribution is 7.99. The third kappa shape index (κ3) is 5.57. The standard InChI is InChI=1S/C59H36N4S/c1-3-17-37(18-4-1)56-61-57(38-19-5-2-6-20-38)63-58(62-56)42-24-16-22-40(36-42)39-21-15-23-41(35-39)55-45-33-34-49-54(53(45)44-26-8-12-30-50(44)60-55)43-25-7-9-27-46(43)59(49)47-28-10-13-31-51(47)64-52-32-14-11-29-48(52)59/h1-36H. The van der Waals surface area contributed by atoms with Crippen molar-refractivity contribution in [3.63, 3.8) is 0 Å². The Morgan fingerprint density at radius 3 is 1.50 bits per heavy atom. The first-order valence-electron chi connectivity index (χ1n) is 21.6. The number of para-hydroxylation sites is 1. The van der Waals surface area contributed by atoms with E-state index in [1.807, 2.05) is 72.4 Å². The molecule has 0 saturated carbocycles. The predicted octanol–water partition coefficient (Wildman–Crippen LogP) is 14.7. The van der Waals surface area contributed by atoms with Crippen LogP contribution in [0.3, 0.4) is 0 Å². The van der Waals surface area contributed by atoms with Gasteiger partial charge in [-0.1, -0.05) is 200 Å². The van der Waals surface area contributed by atoms with E-state index in [4.69, 9.17) is 19.9 Å². The SMILES string of the molecule is c1ccc(-c2nc(-c3ccccc3)nc(-c3cccc(-c4cccc(-c5nc6ccccc6c6c7c(ccc56)C5(c6ccccc6Sc6ccccc65)c5ccccc5-7)c4)c3)n2)cc1. The van der Waals surface area contributed by atoms with Crippen molar-refractivity contribution in [2.24, 2.45) is 0 Å². The summed E-state index contributed by atoms with van der Waals surface area (Å²) in [6, 6.07) is 78.0. The van der Waals surface area contributed by atoms with Gasteiger partial charge in [0.15, 0.2) is 17.5 Å². The summed E-state index contributed by atoms with van der Waals surface area (Å²) in [5.74, 6) is 1.91. The minimum absolute atomic E-state index is 0.462. The molecule has 0 radical (unpaired) electrons. The number of benzene rings is 9. The van der Waals surface area contributed by atoms with Crippen LogP contribution in [-0.4, -0.2) is 19.9 Å². The molecule has 9 aromatic carbocycles. The second-order valence-electron chi connectivity index (χ2n) is 16.5. The summed E-state index contributed by atoms with van der Waals surface area (Å²) < 4.78 is 0. The van der Waals surface area contributed by atoms with Gasteiger partial charge in [-0.15, -0.1) is 0 Å². The zero-order valence-corrected chi connectivity index (χ0v) is 35.3. The lowest BCUT2D eigenvalue weighted by atomic mass is 9.67. The molecule has 1 spiro atoms. The summed E-state index contributed by atoms with van der Waals surface area (Å²) >= 11 is 1.88. The molecule has 1 aliphatic carbocycles. The molecule has 2 aromatic heterocycles. The van der Waals surface area contributed by atoms with Crippen molar-refractivity contribution in [2.45, 2.75) is 15.2 Å².